The first-order chi connectivity index (χ1) is 13.8. The van der Waals surface area contributed by atoms with Crippen molar-refractivity contribution in [2.75, 3.05) is 26.8 Å². The Balaban J connectivity index is 1.56. The van der Waals surface area contributed by atoms with Gasteiger partial charge in [-0.05, 0) is 25.0 Å². The van der Waals surface area contributed by atoms with Gasteiger partial charge in [-0.15, -0.1) is 0 Å². The number of aliphatic hydroxyl groups is 2. The fraction of sp³-hybridized carbons (Fsp3) is 0.632. The van der Waals surface area contributed by atoms with Crippen molar-refractivity contribution in [3.8, 4) is 0 Å². The van der Waals surface area contributed by atoms with Crippen LogP contribution in [0.3, 0.4) is 0 Å². The summed E-state index contributed by atoms with van der Waals surface area (Å²) < 4.78 is 37.8. The van der Waals surface area contributed by atoms with Crippen LogP contribution in [0, 0.1) is 0 Å². The smallest absolute Gasteiger partial charge is 0.240 e. The van der Waals surface area contributed by atoms with E-state index in [-0.39, 0.29) is 29.8 Å². The number of hydrogen-bond acceptors (Lipinski definition) is 7. The molecular formula is C19H28N2O7S. The van der Waals surface area contributed by atoms with Crippen LogP contribution < -0.4 is 4.72 Å². The van der Waals surface area contributed by atoms with Gasteiger partial charge in [0.05, 0.1) is 30.1 Å². The Morgan fingerprint density at radius 2 is 1.93 bits per heavy atom. The van der Waals surface area contributed by atoms with Gasteiger partial charge in [0.1, 0.15) is 18.3 Å². The molecule has 3 rings (SSSR count). The molecule has 0 spiro atoms. The maximum Gasteiger partial charge on any atom is 0.240 e. The number of sulfonamides is 1. The maximum atomic E-state index is 12.6. The van der Waals surface area contributed by atoms with Crippen LogP contribution in [0.15, 0.2) is 35.2 Å². The Hall–Kier alpha value is -1.56. The zero-order valence-corrected chi connectivity index (χ0v) is 17.1. The summed E-state index contributed by atoms with van der Waals surface area (Å²) in [6, 6.07) is 7.84. The average Bonchev–Trinajstić information content (AvgIpc) is 3.28. The van der Waals surface area contributed by atoms with Crippen LogP contribution in [0.2, 0.25) is 0 Å². The predicted molar refractivity (Wildman–Crippen MR) is 104 cm³/mol. The molecule has 1 amide bonds. The van der Waals surface area contributed by atoms with E-state index in [0.29, 0.717) is 13.2 Å². The van der Waals surface area contributed by atoms with E-state index >= 15 is 0 Å². The lowest BCUT2D eigenvalue weighted by Crippen LogP contribution is -2.42. The highest BCUT2D eigenvalue weighted by Gasteiger charge is 2.44. The Morgan fingerprint density at radius 1 is 1.24 bits per heavy atom. The molecule has 1 aromatic rings. The fourth-order valence-corrected chi connectivity index (χ4v) is 4.92. The molecule has 5 unspecified atom stereocenters. The standard InChI is InChI=1S/C19H28N2O7S/c1-27-12-13-6-5-9-21(13)17(22)10-15-18(23)19(24)16(28-15)11-20-29(25,26)14-7-3-2-4-8-14/h2-4,7-8,13,15-16,18-20,23-24H,5-6,9-12H2,1H3. The molecule has 2 aliphatic rings. The van der Waals surface area contributed by atoms with E-state index in [2.05, 4.69) is 4.72 Å². The minimum Gasteiger partial charge on any atom is -0.388 e. The van der Waals surface area contributed by atoms with Crippen LogP contribution in [0.5, 0.6) is 0 Å². The SMILES string of the molecule is COCC1CCCN1C(=O)CC1OC(CNS(=O)(=O)c2ccccc2)C(O)C1O. The van der Waals surface area contributed by atoms with Gasteiger partial charge >= 0.3 is 0 Å². The van der Waals surface area contributed by atoms with Crippen molar-refractivity contribution in [2.45, 2.75) is 54.6 Å². The second-order valence-corrected chi connectivity index (χ2v) is 9.17. The number of aliphatic hydroxyl groups excluding tert-OH is 2. The zero-order chi connectivity index (χ0) is 21.0. The molecule has 0 radical (unpaired) electrons. The zero-order valence-electron chi connectivity index (χ0n) is 16.3. The van der Waals surface area contributed by atoms with E-state index in [1.165, 1.54) is 12.1 Å². The molecule has 29 heavy (non-hydrogen) atoms. The number of hydrogen-bond donors (Lipinski definition) is 3. The molecule has 3 N–H and O–H groups in total. The molecule has 2 saturated heterocycles. The topological polar surface area (TPSA) is 125 Å². The summed E-state index contributed by atoms with van der Waals surface area (Å²) in [5.74, 6) is -0.175. The van der Waals surface area contributed by atoms with Crippen molar-refractivity contribution in [2.24, 2.45) is 0 Å². The molecule has 10 heteroatoms. The largest absolute Gasteiger partial charge is 0.388 e. The molecule has 0 bridgehead atoms. The second-order valence-electron chi connectivity index (χ2n) is 7.40. The molecule has 5 atom stereocenters. The number of carbonyl (C=O) groups is 1. The third-order valence-corrected chi connectivity index (χ3v) is 6.86. The number of rotatable bonds is 8. The number of methoxy groups -OCH3 is 1. The maximum absolute atomic E-state index is 12.6. The van der Waals surface area contributed by atoms with Gasteiger partial charge in [0.15, 0.2) is 0 Å². The van der Waals surface area contributed by atoms with E-state index in [9.17, 15) is 23.4 Å². The average molecular weight is 429 g/mol. The molecule has 162 valence electrons. The van der Waals surface area contributed by atoms with Gasteiger partial charge in [-0.3, -0.25) is 4.79 Å². The van der Waals surface area contributed by atoms with Crippen molar-refractivity contribution in [1.82, 2.24) is 9.62 Å². The predicted octanol–water partition coefficient (Wildman–Crippen LogP) is -0.518. The summed E-state index contributed by atoms with van der Waals surface area (Å²) in [6.45, 7) is 0.862. The quantitative estimate of drug-likeness (QED) is 0.509. The summed E-state index contributed by atoms with van der Waals surface area (Å²) in [7, 11) is -2.18. The van der Waals surface area contributed by atoms with E-state index in [1.54, 1.807) is 30.2 Å². The molecule has 9 nitrogen and oxygen atoms in total. The van der Waals surface area contributed by atoms with Crippen molar-refractivity contribution < 1.29 is 32.9 Å². The first-order valence-corrected chi connectivity index (χ1v) is 11.2. The van der Waals surface area contributed by atoms with E-state index in [0.717, 1.165) is 12.8 Å². The van der Waals surface area contributed by atoms with Gasteiger partial charge in [0.25, 0.3) is 0 Å². The van der Waals surface area contributed by atoms with E-state index in [1.807, 2.05) is 0 Å². The lowest BCUT2D eigenvalue weighted by molar-refractivity contribution is -0.137. The Labute approximate surface area is 170 Å². The van der Waals surface area contributed by atoms with Crippen molar-refractivity contribution in [3.63, 3.8) is 0 Å². The second kappa shape index (κ2) is 9.50. The molecule has 0 saturated carbocycles. The first kappa shape index (κ1) is 22.1. The van der Waals surface area contributed by atoms with E-state index < -0.39 is 34.4 Å². The monoisotopic (exact) mass is 428 g/mol. The summed E-state index contributed by atoms with van der Waals surface area (Å²) in [4.78, 5) is 14.4. The normalized spacial score (nSPS) is 30.0. The van der Waals surface area contributed by atoms with Gasteiger partial charge in [-0.1, -0.05) is 18.2 Å². The Bertz CT molecular complexity index is 789. The van der Waals surface area contributed by atoms with Gasteiger partial charge in [0.2, 0.25) is 15.9 Å². The molecule has 0 aromatic heterocycles. The third kappa shape index (κ3) is 5.14. The van der Waals surface area contributed by atoms with Gasteiger partial charge in [0, 0.05) is 20.2 Å². The van der Waals surface area contributed by atoms with Crippen LogP contribution in [-0.4, -0.2) is 86.7 Å². The number of ether oxygens (including phenoxy) is 2. The van der Waals surface area contributed by atoms with Crippen molar-refractivity contribution in [1.29, 1.82) is 0 Å². The molecule has 2 aliphatic heterocycles. The highest BCUT2D eigenvalue weighted by molar-refractivity contribution is 7.89. The van der Waals surface area contributed by atoms with Crippen LogP contribution >= 0.6 is 0 Å². The Morgan fingerprint density at radius 3 is 2.62 bits per heavy atom. The summed E-state index contributed by atoms with van der Waals surface area (Å²) in [6.07, 6.45) is -2.74. The van der Waals surface area contributed by atoms with E-state index in [4.69, 9.17) is 9.47 Å². The molecule has 2 heterocycles. The minimum atomic E-state index is -3.77. The highest BCUT2D eigenvalue weighted by atomic mass is 32.2. The van der Waals surface area contributed by atoms with Crippen LogP contribution in [0.4, 0.5) is 0 Å². The number of amides is 1. The lowest BCUT2D eigenvalue weighted by atomic mass is 10.0. The van der Waals surface area contributed by atoms with Gasteiger partial charge in [-0.2, -0.15) is 0 Å². The number of benzene rings is 1. The van der Waals surface area contributed by atoms with Crippen LogP contribution in [-0.2, 0) is 24.3 Å². The summed E-state index contributed by atoms with van der Waals surface area (Å²) in [5, 5.41) is 20.5. The molecule has 0 aliphatic carbocycles. The fourth-order valence-electron chi connectivity index (χ4n) is 3.86. The molecular weight excluding hydrogens is 400 g/mol. The summed E-state index contributed by atoms with van der Waals surface area (Å²) >= 11 is 0. The number of nitrogens with one attached hydrogen (secondary N) is 1. The molecule has 2 fully saturated rings. The number of carbonyl (C=O) groups excluding carboxylic acids is 1. The minimum absolute atomic E-state index is 0.00412. The molecule has 1 aromatic carbocycles. The lowest BCUT2D eigenvalue weighted by Gasteiger charge is -2.26. The number of likely N-dealkylation sites (tertiary alicyclic amines) is 1. The highest BCUT2D eigenvalue weighted by Crippen LogP contribution is 2.26. The number of nitrogens with zero attached hydrogens (tertiary/aromatic N) is 1. The summed E-state index contributed by atoms with van der Waals surface area (Å²) in [5.41, 5.74) is 0. The van der Waals surface area contributed by atoms with Crippen LogP contribution in [0.25, 0.3) is 0 Å². The van der Waals surface area contributed by atoms with Gasteiger partial charge in [-0.25, -0.2) is 13.1 Å². The van der Waals surface area contributed by atoms with Crippen molar-refractivity contribution in [3.05, 3.63) is 30.3 Å². The van der Waals surface area contributed by atoms with Gasteiger partial charge < -0.3 is 24.6 Å². The van der Waals surface area contributed by atoms with Crippen LogP contribution in [0.1, 0.15) is 19.3 Å². The third-order valence-electron chi connectivity index (χ3n) is 5.42. The first-order valence-electron chi connectivity index (χ1n) is 9.68. The van der Waals surface area contributed by atoms with Crippen molar-refractivity contribution >= 4 is 15.9 Å². The Kier molecular flexibility index (Phi) is 7.25.